The van der Waals surface area contributed by atoms with Crippen molar-refractivity contribution in [1.82, 2.24) is 0 Å². The fourth-order valence-electron chi connectivity index (χ4n) is 4.80. The standard InChI is InChI=1S/C25H24O4/c26-13-20-10-18-7-6-17(16-4-2-1-3-5-16)11-21(18)25(22(20)14-27)19-8-9-23-24(12-19)29-15-28-23/h1-9,11-12,20,22,25-27H,10,13-15H2/t20-,22-,25-/m1/s1. The van der Waals surface area contributed by atoms with Crippen LogP contribution < -0.4 is 9.47 Å². The van der Waals surface area contributed by atoms with Crippen molar-refractivity contribution in [2.75, 3.05) is 20.0 Å². The number of aliphatic hydroxyl groups is 2. The highest BCUT2D eigenvalue weighted by Gasteiger charge is 2.37. The van der Waals surface area contributed by atoms with Crippen molar-refractivity contribution >= 4 is 0 Å². The van der Waals surface area contributed by atoms with E-state index in [1.54, 1.807) is 0 Å². The van der Waals surface area contributed by atoms with Gasteiger partial charge in [-0.15, -0.1) is 0 Å². The molecule has 1 heterocycles. The van der Waals surface area contributed by atoms with E-state index in [0.717, 1.165) is 29.0 Å². The van der Waals surface area contributed by atoms with Crippen LogP contribution in [0.25, 0.3) is 11.1 Å². The van der Waals surface area contributed by atoms with Crippen LogP contribution in [0.3, 0.4) is 0 Å². The summed E-state index contributed by atoms with van der Waals surface area (Å²) in [5.74, 6) is 1.44. The highest BCUT2D eigenvalue weighted by atomic mass is 16.7. The van der Waals surface area contributed by atoms with Crippen molar-refractivity contribution in [1.29, 1.82) is 0 Å². The Balaban J connectivity index is 1.65. The molecule has 29 heavy (non-hydrogen) atoms. The van der Waals surface area contributed by atoms with Crippen LogP contribution in [0.2, 0.25) is 0 Å². The molecule has 2 N–H and O–H groups in total. The largest absolute Gasteiger partial charge is 0.454 e. The molecule has 4 nitrogen and oxygen atoms in total. The van der Waals surface area contributed by atoms with Gasteiger partial charge in [-0.1, -0.05) is 54.6 Å². The molecule has 0 bridgehead atoms. The van der Waals surface area contributed by atoms with Gasteiger partial charge in [0.2, 0.25) is 6.79 Å². The van der Waals surface area contributed by atoms with Crippen molar-refractivity contribution in [3.63, 3.8) is 0 Å². The Hall–Kier alpha value is -2.82. The average Bonchev–Trinajstić information content (AvgIpc) is 3.25. The fraction of sp³-hybridized carbons (Fsp3) is 0.280. The van der Waals surface area contributed by atoms with Gasteiger partial charge in [0.1, 0.15) is 0 Å². The van der Waals surface area contributed by atoms with Gasteiger partial charge in [-0.3, -0.25) is 0 Å². The van der Waals surface area contributed by atoms with Crippen LogP contribution in [-0.2, 0) is 6.42 Å². The SMILES string of the molecule is OC[C@H]1Cc2ccc(-c3ccccc3)cc2[C@@H](c2ccc3c(c2)OCO3)[C@@H]1CO. The van der Waals surface area contributed by atoms with Crippen molar-refractivity contribution < 1.29 is 19.7 Å². The summed E-state index contributed by atoms with van der Waals surface area (Å²) >= 11 is 0. The van der Waals surface area contributed by atoms with Crippen LogP contribution in [0.4, 0.5) is 0 Å². The first-order chi connectivity index (χ1) is 14.3. The molecule has 1 aliphatic heterocycles. The normalized spacial score (nSPS) is 22.3. The monoisotopic (exact) mass is 388 g/mol. The zero-order chi connectivity index (χ0) is 19.8. The van der Waals surface area contributed by atoms with Gasteiger partial charge in [0.15, 0.2) is 11.5 Å². The maximum atomic E-state index is 10.3. The number of ether oxygens (including phenoxy) is 2. The van der Waals surface area contributed by atoms with E-state index in [0.29, 0.717) is 0 Å². The second-order valence-corrected chi connectivity index (χ2v) is 7.86. The lowest BCUT2D eigenvalue weighted by Gasteiger charge is -2.39. The molecule has 2 aliphatic rings. The zero-order valence-electron chi connectivity index (χ0n) is 16.1. The molecular formula is C25H24O4. The molecule has 0 saturated carbocycles. The van der Waals surface area contributed by atoms with Gasteiger partial charge < -0.3 is 19.7 Å². The molecule has 4 heteroatoms. The summed E-state index contributed by atoms with van der Waals surface area (Å²) in [5, 5.41) is 20.3. The third-order valence-corrected chi connectivity index (χ3v) is 6.30. The van der Waals surface area contributed by atoms with E-state index in [4.69, 9.17) is 9.47 Å². The summed E-state index contributed by atoms with van der Waals surface area (Å²) < 4.78 is 11.1. The minimum absolute atomic E-state index is 0.0148. The zero-order valence-corrected chi connectivity index (χ0v) is 16.1. The molecule has 0 spiro atoms. The molecule has 0 unspecified atom stereocenters. The Morgan fingerprint density at radius 1 is 0.793 bits per heavy atom. The van der Waals surface area contributed by atoms with E-state index in [-0.39, 0.29) is 37.8 Å². The van der Waals surface area contributed by atoms with Gasteiger partial charge in [0, 0.05) is 19.1 Å². The van der Waals surface area contributed by atoms with E-state index < -0.39 is 0 Å². The molecule has 3 aromatic rings. The molecule has 0 fully saturated rings. The highest BCUT2D eigenvalue weighted by Crippen LogP contribution is 2.46. The average molecular weight is 388 g/mol. The second kappa shape index (κ2) is 7.54. The van der Waals surface area contributed by atoms with Gasteiger partial charge in [-0.2, -0.15) is 0 Å². The van der Waals surface area contributed by atoms with Gasteiger partial charge in [-0.05, 0) is 58.2 Å². The predicted molar refractivity (Wildman–Crippen MR) is 111 cm³/mol. The molecular weight excluding hydrogens is 364 g/mol. The minimum atomic E-state index is -0.0566. The fourth-order valence-corrected chi connectivity index (χ4v) is 4.80. The van der Waals surface area contributed by atoms with Crippen LogP contribution in [-0.4, -0.2) is 30.2 Å². The summed E-state index contributed by atoms with van der Waals surface area (Å²) in [4.78, 5) is 0. The second-order valence-electron chi connectivity index (χ2n) is 7.86. The lowest BCUT2D eigenvalue weighted by atomic mass is 9.66. The van der Waals surface area contributed by atoms with Crippen molar-refractivity contribution in [2.45, 2.75) is 12.3 Å². The molecule has 0 radical (unpaired) electrons. The summed E-state index contributed by atoms with van der Waals surface area (Å²) in [5.41, 5.74) is 5.86. The smallest absolute Gasteiger partial charge is 0.231 e. The van der Waals surface area contributed by atoms with E-state index >= 15 is 0 Å². The van der Waals surface area contributed by atoms with Crippen LogP contribution in [0, 0.1) is 11.8 Å². The summed E-state index contributed by atoms with van der Waals surface area (Å²) in [7, 11) is 0. The maximum Gasteiger partial charge on any atom is 0.231 e. The summed E-state index contributed by atoms with van der Waals surface area (Å²) in [6.07, 6.45) is 0.771. The molecule has 0 amide bonds. The van der Waals surface area contributed by atoms with E-state index in [1.165, 1.54) is 16.7 Å². The number of hydrogen-bond donors (Lipinski definition) is 2. The molecule has 0 aromatic heterocycles. The number of hydrogen-bond acceptors (Lipinski definition) is 4. The summed E-state index contributed by atoms with van der Waals surface area (Å²) in [6.45, 7) is 0.326. The number of benzene rings is 3. The van der Waals surface area contributed by atoms with Crippen LogP contribution in [0.15, 0.2) is 66.7 Å². The Labute approximate surface area is 170 Å². The van der Waals surface area contributed by atoms with Crippen molar-refractivity contribution in [2.24, 2.45) is 11.8 Å². The lowest BCUT2D eigenvalue weighted by molar-refractivity contribution is 0.101. The Bertz CT molecular complexity index is 1010. The molecule has 3 atom stereocenters. The van der Waals surface area contributed by atoms with E-state index in [9.17, 15) is 10.2 Å². The van der Waals surface area contributed by atoms with Crippen molar-refractivity contribution in [3.8, 4) is 22.6 Å². The Morgan fingerprint density at radius 2 is 1.62 bits per heavy atom. The Morgan fingerprint density at radius 3 is 2.41 bits per heavy atom. The quantitative estimate of drug-likeness (QED) is 0.710. The number of rotatable bonds is 4. The molecule has 1 aliphatic carbocycles. The van der Waals surface area contributed by atoms with E-state index in [1.807, 2.05) is 30.3 Å². The number of aliphatic hydroxyl groups excluding tert-OH is 2. The molecule has 5 rings (SSSR count). The molecule has 3 aromatic carbocycles. The van der Waals surface area contributed by atoms with Crippen molar-refractivity contribution in [3.05, 3.63) is 83.4 Å². The first-order valence-electron chi connectivity index (χ1n) is 10.1. The third kappa shape index (κ3) is 3.18. The lowest BCUT2D eigenvalue weighted by Crippen LogP contribution is -2.35. The minimum Gasteiger partial charge on any atom is -0.454 e. The predicted octanol–water partition coefficient (Wildman–Crippen LogP) is 3.99. The van der Waals surface area contributed by atoms with Gasteiger partial charge >= 0.3 is 0 Å². The molecule has 148 valence electrons. The topological polar surface area (TPSA) is 58.9 Å². The Kier molecular flexibility index (Phi) is 4.74. The van der Waals surface area contributed by atoms with Gasteiger partial charge in [-0.25, -0.2) is 0 Å². The first-order valence-corrected chi connectivity index (χ1v) is 10.1. The van der Waals surface area contributed by atoms with Gasteiger partial charge in [0.05, 0.1) is 0 Å². The molecule has 0 saturated heterocycles. The first kappa shape index (κ1) is 18.2. The third-order valence-electron chi connectivity index (χ3n) is 6.30. The summed E-state index contributed by atoms with van der Waals surface area (Å²) in [6, 6.07) is 22.9. The maximum absolute atomic E-state index is 10.3. The van der Waals surface area contributed by atoms with Crippen LogP contribution >= 0.6 is 0 Å². The number of fused-ring (bicyclic) bond motifs is 2. The highest BCUT2D eigenvalue weighted by molar-refractivity contribution is 5.66. The van der Waals surface area contributed by atoms with Gasteiger partial charge in [0.25, 0.3) is 0 Å². The van der Waals surface area contributed by atoms with Crippen LogP contribution in [0.1, 0.15) is 22.6 Å². The van der Waals surface area contributed by atoms with Crippen LogP contribution in [0.5, 0.6) is 11.5 Å². The van der Waals surface area contributed by atoms with E-state index in [2.05, 4.69) is 36.4 Å².